The molecule has 1 amide bonds. The zero-order valence-electron chi connectivity index (χ0n) is 16.7. The summed E-state index contributed by atoms with van der Waals surface area (Å²) in [4.78, 5) is 13.8. The lowest BCUT2D eigenvalue weighted by Crippen LogP contribution is -2.25. The van der Waals surface area contributed by atoms with Crippen LogP contribution in [0.1, 0.15) is 41.7 Å². The number of amides is 1. The summed E-state index contributed by atoms with van der Waals surface area (Å²) in [5.74, 6) is 0.180. The van der Waals surface area contributed by atoms with Gasteiger partial charge in [-0.25, -0.2) is 0 Å². The van der Waals surface area contributed by atoms with E-state index in [9.17, 15) is 4.79 Å². The molecule has 0 bridgehead atoms. The number of nitrogens with one attached hydrogen (secondary N) is 1. The number of carbonyl (C=O) groups excluding carboxylic acids is 1. The Kier molecular flexibility index (Phi) is 6.11. The van der Waals surface area contributed by atoms with Crippen molar-refractivity contribution < 1.29 is 4.79 Å². The van der Waals surface area contributed by atoms with Crippen LogP contribution in [0.15, 0.2) is 78.3 Å². The third kappa shape index (κ3) is 4.43. The lowest BCUT2D eigenvalue weighted by Gasteiger charge is -2.15. The first kappa shape index (κ1) is 19.5. The number of fused-ring (bicyclic) bond motifs is 1. The number of carbonyl (C=O) groups is 1. The second kappa shape index (κ2) is 9.10. The van der Waals surface area contributed by atoms with Gasteiger partial charge in [0.1, 0.15) is 0 Å². The molecule has 2 aromatic heterocycles. The molecular weight excluding hydrogens is 376 g/mol. The van der Waals surface area contributed by atoms with Gasteiger partial charge in [-0.1, -0.05) is 61.5 Å². The topological polar surface area (TPSA) is 34.0 Å². The molecule has 1 atom stereocenters. The fraction of sp³-hybridized carbons (Fsp3) is 0.240. The number of thiophene rings is 1. The largest absolute Gasteiger partial charge is 0.356 e. The first-order valence-electron chi connectivity index (χ1n) is 10.2. The lowest BCUT2D eigenvalue weighted by atomic mass is 9.93. The summed E-state index contributed by atoms with van der Waals surface area (Å²) in [6.07, 6.45) is 3.67. The highest BCUT2D eigenvalue weighted by Gasteiger charge is 2.23. The maximum absolute atomic E-state index is 12.6. The second-order valence-corrected chi connectivity index (χ2v) is 8.32. The molecule has 0 aliphatic rings. The van der Waals surface area contributed by atoms with E-state index < -0.39 is 0 Å². The Morgan fingerprint density at radius 2 is 1.83 bits per heavy atom. The maximum atomic E-state index is 12.6. The average molecular weight is 403 g/mol. The van der Waals surface area contributed by atoms with Crippen molar-refractivity contribution in [3.8, 4) is 0 Å². The van der Waals surface area contributed by atoms with Crippen LogP contribution >= 0.6 is 11.3 Å². The predicted molar refractivity (Wildman–Crippen MR) is 122 cm³/mol. The van der Waals surface area contributed by atoms with Crippen molar-refractivity contribution in [1.82, 2.24) is 9.88 Å². The molecule has 2 aromatic carbocycles. The van der Waals surface area contributed by atoms with Crippen molar-refractivity contribution in [2.45, 2.75) is 32.2 Å². The molecule has 3 nitrogen and oxygen atoms in total. The van der Waals surface area contributed by atoms with Gasteiger partial charge in [-0.3, -0.25) is 4.79 Å². The van der Waals surface area contributed by atoms with Gasteiger partial charge in [0.2, 0.25) is 5.91 Å². The smallest absolute Gasteiger partial charge is 0.220 e. The van der Waals surface area contributed by atoms with Crippen LogP contribution in [0.25, 0.3) is 10.9 Å². The minimum atomic E-state index is 0.0637. The first-order valence-corrected chi connectivity index (χ1v) is 11.1. The molecule has 4 aromatic rings. The number of aromatic nitrogens is 1. The van der Waals surface area contributed by atoms with Crippen molar-refractivity contribution in [2.24, 2.45) is 0 Å². The summed E-state index contributed by atoms with van der Waals surface area (Å²) in [5.41, 5.74) is 3.71. The van der Waals surface area contributed by atoms with Crippen molar-refractivity contribution in [3.05, 3.63) is 94.3 Å². The van der Waals surface area contributed by atoms with Crippen LogP contribution in [0, 0.1) is 0 Å². The molecule has 29 heavy (non-hydrogen) atoms. The predicted octanol–water partition coefficient (Wildman–Crippen LogP) is 5.80. The van der Waals surface area contributed by atoms with Gasteiger partial charge in [-0.15, -0.1) is 11.3 Å². The standard InChI is InChI=1S/C25H26N2OS/c1-2-14-26-25(28)16-21(24-13-8-15-29-24)22-18-27(17-19-9-4-3-5-10-19)23-12-7-6-11-20(22)23/h3-13,15,18,21H,2,14,16-17H2,1H3,(H,26,28). The molecule has 148 valence electrons. The molecular formula is C25H26N2OS. The number of hydrogen-bond acceptors (Lipinski definition) is 2. The number of hydrogen-bond donors (Lipinski definition) is 1. The van der Waals surface area contributed by atoms with Crippen molar-refractivity contribution >= 4 is 28.1 Å². The third-order valence-electron chi connectivity index (χ3n) is 5.24. The van der Waals surface area contributed by atoms with Gasteiger partial charge < -0.3 is 9.88 Å². The van der Waals surface area contributed by atoms with E-state index in [1.165, 1.54) is 26.9 Å². The van der Waals surface area contributed by atoms with Gasteiger partial charge in [0, 0.05) is 47.4 Å². The lowest BCUT2D eigenvalue weighted by molar-refractivity contribution is -0.121. The minimum Gasteiger partial charge on any atom is -0.356 e. The Bertz CT molecular complexity index is 1070. The van der Waals surface area contributed by atoms with Gasteiger partial charge in [0.05, 0.1) is 0 Å². The fourth-order valence-corrected chi connectivity index (χ4v) is 4.69. The molecule has 0 fully saturated rings. The van der Waals surface area contributed by atoms with Gasteiger partial charge in [0.15, 0.2) is 0 Å². The van der Waals surface area contributed by atoms with Crippen molar-refractivity contribution in [3.63, 3.8) is 0 Å². The summed E-state index contributed by atoms with van der Waals surface area (Å²) in [6.45, 7) is 3.63. The van der Waals surface area contributed by atoms with Gasteiger partial charge in [0.25, 0.3) is 0 Å². The van der Waals surface area contributed by atoms with E-state index in [0.717, 1.165) is 19.5 Å². The molecule has 4 rings (SSSR count). The van der Waals surface area contributed by atoms with E-state index in [2.05, 4.69) is 89.0 Å². The van der Waals surface area contributed by atoms with Crippen LogP contribution in [0.3, 0.4) is 0 Å². The first-order chi connectivity index (χ1) is 14.3. The van der Waals surface area contributed by atoms with E-state index in [1.807, 2.05) is 6.07 Å². The molecule has 0 aliphatic heterocycles. The fourth-order valence-electron chi connectivity index (χ4n) is 3.84. The van der Waals surface area contributed by atoms with E-state index >= 15 is 0 Å². The van der Waals surface area contributed by atoms with Crippen LogP contribution in [0.2, 0.25) is 0 Å². The highest BCUT2D eigenvalue weighted by atomic mass is 32.1. The average Bonchev–Trinajstić information content (AvgIpc) is 3.40. The molecule has 0 spiro atoms. The highest BCUT2D eigenvalue weighted by molar-refractivity contribution is 7.10. The summed E-state index contributed by atoms with van der Waals surface area (Å²) in [6, 6.07) is 23.2. The van der Waals surface area contributed by atoms with Gasteiger partial charge in [-0.05, 0) is 35.1 Å². The Balaban J connectivity index is 1.74. The number of rotatable bonds is 8. The monoisotopic (exact) mass is 402 g/mol. The van der Waals surface area contributed by atoms with Crippen LogP contribution in [-0.2, 0) is 11.3 Å². The van der Waals surface area contributed by atoms with Gasteiger partial charge in [-0.2, -0.15) is 0 Å². The molecule has 0 aliphatic carbocycles. The number of benzene rings is 2. The Morgan fingerprint density at radius 1 is 1.03 bits per heavy atom. The van der Waals surface area contributed by atoms with Crippen molar-refractivity contribution in [1.29, 1.82) is 0 Å². The molecule has 4 heteroatoms. The number of nitrogens with zero attached hydrogens (tertiary/aromatic N) is 1. The van der Waals surface area contributed by atoms with Crippen LogP contribution in [0.5, 0.6) is 0 Å². The molecule has 0 saturated heterocycles. The molecule has 0 radical (unpaired) electrons. The SMILES string of the molecule is CCCNC(=O)CC(c1cccs1)c1cn(Cc2ccccc2)c2ccccc12. The van der Waals surface area contributed by atoms with E-state index in [1.54, 1.807) is 11.3 Å². The van der Waals surface area contributed by atoms with E-state index in [0.29, 0.717) is 6.42 Å². The number of para-hydroxylation sites is 1. The Hall–Kier alpha value is -2.85. The summed E-state index contributed by atoms with van der Waals surface area (Å²) < 4.78 is 2.31. The van der Waals surface area contributed by atoms with Gasteiger partial charge >= 0.3 is 0 Å². The highest BCUT2D eigenvalue weighted by Crippen LogP contribution is 2.37. The maximum Gasteiger partial charge on any atom is 0.220 e. The third-order valence-corrected chi connectivity index (χ3v) is 6.22. The summed E-state index contributed by atoms with van der Waals surface area (Å²) in [5, 5.41) is 6.37. The molecule has 1 N–H and O–H groups in total. The summed E-state index contributed by atoms with van der Waals surface area (Å²) >= 11 is 1.72. The second-order valence-electron chi connectivity index (χ2n) is 7.34. The quantitative estimate of drug-likeness (QED) is 0.397. The molecule has 0 saturated carbocycles. The van der Waals surface area contributed by atoms with Crippen LogP contribution in [0.4, 0.5) is 0 Å². The molecule has 1 unspecified atom stereocenters. The van der Waals surface area contributed by atoms with Crippen LogP contribution < -0.4 is 5.32 Å². The zero-order chi connectivity index (χ0) is 20.1. The Labute approximate surface area is 176 Å². The minimum absolute atomic E-state index is 0.0637. The summed E-state index contributed by atoms with van der Waals surface area (Å²) in [7, 11) is 0. The van der Waals surface area contributed by atoms with E-state index in [-0.39, 0.29) is 11.8 Å². The normalized spacial score (nSPS) is 12.2. The van der Waals surface area contributed by atoms with Crippen molar-refractivity contribution in [2.75, 3.05) is 6.54 Å². The van der Waals surface area contributed by atoms with E-state index in [4.69, 9.17) is 0 Å². The Morgan fingerprint density at radius 3 is 2.59 bits per heavy atom. The zero-order valence-corrected chi connectivity index (χ0v) is 17.5. The molecule has 2 heterocycles. The van der Waals surface area contributed by atoms with Crippen LogP contribution in [-0.4, -0.2) is 17.0 Å².